The molecule has 1 N–H and O–H groups in total. The molecule has 3 aromatic rings. The summed E-state index contributed by atoms with van der Waals surface area (Å²) in [4.78, 5) is 17.6. The maximum atomic E-state index is 12.9. The quantitative estimate of drug-likeness (QED) is 0.748. The number of rotatable bonds is 1. The van der Waals surface area contributed by atoms with Crippen molar-refractivity contribution in [2.75, 3.05) is 5.75 Å². The molecule has 1 aliphatic rings. The average molecular weight is 287 g/mol. The van der Waals surface area contributed by atoms with Gasteiger partial charge in [0, 0.05) is 18.2 Å². The number of H-pyrrole nitrogens is 1. The highest BCUT2D eigenvalue weighted by Crippen LogP contribution is 2.27. The van der Waals surface area contributed by atoms with Gasteiger partial charge in [0.15, 0.2) is 5.65 Å². The fourth-order valence-electron chi connectivity index (χ4n) is 2.40. The molecule has 100 valence electrons. The van der Waals surface area contributed by atoms with Crippen LogP contribution in [0.4, 0.5) is 4.39 Å². The molecule has 0 saturated carbocycles. The number of halogens is 1. The molecule has 20 heavy (non-hydrogen) atoms. The first-order valence-electron chi connectivity index (χ1n) is 6.26. The van der Waals surface area contributed by atoms with Gasteiger partial charge in [-0.2, -0.15) is 0 Å². The monoisotopic (exact) mass is 287 g/mol. The second kappa shape index (κ2) is 4.21. The summed E-state index contributed by atoms with van der Waals surface area (Å²) in [6.45, 7) is 0. The SMILES string of the molecule is O=c1c2c(nc3cc(-c4ccc(F)cc4)[nH]n13)CCS2. The molecule has 0 amide bonds. The maximum absolute atomic E-state index is 12.9. The van der Waals surface area contributed by atoms with E-state index in [2.05, 4.69) is 10.1 Å². The van der Waals surface area contributed by atoms with Crippen LogP contribution in [-0.4, -0.2) is 20.4 Å². The van der Waals surface area contributed by atoms with Gasteiger partial charge in [-0.15, -0.1) is 11.8 Å². The van der Waals surface area contributed by atoms with Crippen LogP contribution in [0.15, 0.2) is 40.0 Å². The molecule has 3 heterocycles. The molecule has 0 unspecified atom stereocenters. The Morgan fingerprint density at radius 2 is 2.10 bits per heavy atom. The third-order valence-electron chi connectivity index (χ3n) is 3.38. The van der Waals surface area contributed by atoms with Gasteiger partial charge in [-0.05, 0) is 29.8 Å². The van der Waals surface area contributed by atoms with Gasteiger partial charge >= 0.3 is 0 Å². The summed E-state index contributed by atoms with van der Waals surface area (Å²) in [7, 11) is 0. The van der Waals surface area contributed by atoms with Crippen LogP contribution >= 0.6 is 11.8 Å². The molecule has 0 atom stereocenters. The van der Waals surface area contributed by atoms with E-state index in [9.17, 15) is 9.18 Å². The molecule has 0 bridgehead atoms. The fourth-order valence-corrected chi connectivity index (χ4v) is 3.42. The first-order chi connectivity index (χ1) is 9.72. The van der Waals surface area contributed by atoms with Crippen LogP contribution < -0.4 is 5.56 Å². The molecule has 6 heteroatoms. The predicted molar refractivity (Wildman–Crippen MR) is 75.6 cm³/mol. The van der Waals surface area contributed by atoms with Crippen LogP contribution in [0.5, 0.6) is 0 Å². The largest absolute Gasteiger partial charge is 0.289 e. The number of fused-ring (bicyclic) bond motifs is 2. The lowest BCUT2D eigenvalue weighted by molar-refractivity contribution is 0.628. The minimum atomic E-state index is -0.282. The van der Waals surface area contributed by atoms with Crippen LogP contribution in [0.2, 0.25) is 0 Å². The summed E-state index contributed by atoms with van der Waals surface area (Å²) in [5, 5.41) is 3.04. The van der Waals surface area contributed by atoms with Gasteiger partial charge in [0.1, 0.15) is 5.82 Å². The summed E-state index contributed by atoms with van der Waals surface area (Å²) in [5.41, 5.74) is 3.01. The highest BCUT2D eigenvalue weighted by molar-refractivity contribution is 7.99. The number of benzene rings is 1. The molecule has 0 aliphatic carbocycles. The smallest absolute Gasteiger partial charge is 0.286 e. The zero-order chi connectivity index (χ0) is 13.7. The Morgan fingerprint density at radius 1 is 1.30 bits per heavy atom. The van der Waals surface area contributed by atoms with Crippen molar-refractivity contribution in [3.63, 3.8) is 0 Å². The second-order valence-corrected chi connectivity index (χ2v) is 5.77. The van der Waals surface area contributed by atoms with Crippen molar-refractivity contribution in [1.82, 2.24) is 14.6 Å². The third-order valence-corrected chi connectivity index (χ3v) is 4.49. The highest BCUT2D eigenvalue weighted by atomic mass is 32.2. The van der Waals surface area contributed by atoms with Crippen molar-refractivity contribution in [2.24, 2.45) is 0 Å². The first-order valence-corrected chi connectivity index (χ1v) is 7.24. The van der Waals surface area contributed by atoms with Gasteiger partial charge in [-0.3, -0.25) is 9.89 Å². The minimum absolute atomic E-state index is 0.0548. The average Bonchev–Trinajstić information content (AvgIpc) is 3.06. The van der Waals surface area contributed by atoms with Gasteiger partial charge in [0.2, 0.25) is 0 Å². The van der Waals surface area contributed by atoms with E-state index < -0.39 is 0 Å². The number of nitrogens with one attached hydrogen (secondary N) is 1. The number of hydrogen-bond acceptors (Lipinski definition) is 3. The molecule has 0 spiro atoms. The van der Waals surface area contributed by atoms with Crippen molar-refractivity contribution in [3.05, 3.63) is 52.2 Å². The zero-order valence-corrected chi connectivity index (χ0v) is 11.2. The molecular weight excluding hydrogens is 277 g/mol. The zero-order valence-electron chi connectivity index (χ0n) is 10.4. The fraction of sp³-hybridized carbons (Fsp3) is 0.143. The van der Waals surface area contributed by atoms with Crippen molar-refractivity contribution in [2.45, 2.75) is 11.3 Å². The lowest BCUT2D eigenvalue weighted by Crippen LogP contribution is -2.17. The Hall–Kier alpha value is -2.08. The molecular formula is C14H10FN3OS. The first kappa shape index (κ1) is 11.7. The summed E-state index contributed by atoms with van der Waals surface area (Å²) in [6, 6.07) is 7.96. The van der Waals surface area contributed by atoms with E-state index in [1.165, 1.54) is 16.6 Å². The van der Waals surface area contributed by atoms with E-state index in [4.69, 9.17) is 0 Å². The van der Waals surface area contributed by atoms with Gasteiger partial charge < -0.3 is 0 Å². The lowest BCUT2D eigenvalue weighted by Gasteiger charge is -1.98. The van der Waals surface area contributed by atoms with Crippen LogP contribution in [0, 0.1) is 5.82 Å². The number of nitrogens with zero attached hydrogens (tertiary/aromatic N) is 2. The van der Waals surface area contributed by atoms with Crippen LogP contribution in [-0.2, 0) is 6.42 Å². The number of aryl methyl sites for hydroxylation is 1. The lowest BCUT2D eigenvalue weighted by atomic mass is 10.1. The highest BCUT2D eigenvalue weighted by Gasteiger charge is 2.20. The van der Waals surface area contributed by atoms with Gasteiger partial charge in [0.25, 0.3) is 5.56 Å². The Kier molecular flexibility index (Phi) is 2.47. The van der Waals surface area contributed by atoms with E-state index in [0.717, 1.165) is 34.0 Å². The number of aromatic amines is 1. The molecule has 4 rings (SSSR count). The van der Waals surface area contributed by atoms with Crippen LogP contribution in [0.25, 0.3) is 16.9 Å². The Morgan fingerprint density at radius 3 is 2.90 bits per heavy atom. The summed E-state index contributed by atoms with van der Waals surface area (Å²) >= 11 is 1.55. The molecule has 2 aromatic heterocycles. The van der Waals surface area contributed by atoms with Crippen molar-refractivity contribution >= 4 is 17.4 Å². The van der Waals surface area contributed by atoms with Crippen molar-refractivity contribution < 1.29 is 4.39 Å². The Balaban J connectivity index is 1.94. The molecule has 0 fully saturated rings. The van der Waals surface area contributed by atoms with Crippen molar-refractivity contribution in [1.29, 1.82) is 0 Å². The summed E-state index contributed by atoms with van der Waals surface area (Å²) in [5.74, 6) is 0.630. The van der Waals surface area contributed by atoms with Crippen LogP contribution in [0.1, 0.15) is 5.69 Å². The molecule has 4 nitrogen and oxygen atoms in total. The molecule has 1 aromatic carbocycles. The number of hydrogen-bond donors (Lipinski definition) is 1. The van der Waals surface area contributed by atoms with Gasteiger partial charge in [0.05, 0.1) is 16.3 Å². The number of thioether (sulfide) groups is 1. The summed E-state index contributed by atoms with van der Waals surface area (Å²) < 4.78 is 14.4. The summed E-state index contributed by atoms with van der Waals surface area (Å²) in [6.07, 6.45) is 0.836. The third kappa shape index (κ3) is 1.68. The topological polar surface area (TPSA) is 50.2 Å². The molecule has 0 saturated heterocycles. The van der Waals surface area contributed by atoms with E-state index in [-0.39, 0.29) is 11.4 Å². The van der Waals surface area contributed by atoms with Gasteiger partial charge in [-0.1, -0.05) is 0 Å². The molecule has 0 radical (unpaired) electrons. The predicted octanol–water partition coefficient (Wildman–Crippen LogP) is 2.48. The van der Waals surface area contributed by atoms with Crippen molar-refractivity contribution in [3.8, 4) is 11.3 Å². The van der Waals surface area contributed by atoms with E-state index in [1.54, 1.807) is 23.9 Å². The van der Waals surface area contributed by atoms with E-state index in [0.29, 0.717) is 5.65 Å². The van der Waals surface area contributed by atoms with Crippen LogP contribution in [0.3, 0.4) is 0 Å². The Labute approximate surface area is 117 Å². The Bertz CT molecular complexity index is 866. The minimum Gasteiger partial charge on any atom is -0.289 e. The van der Waals surface area contributed by atoms with E-state index in [1.807, 2.05) is 6.07 Å². The standard InChI is InChI=1S/C14H10FN3OS/c15-9-3-1-8(2-4-9)11-7-12-16-10-5-6-20-13(10)14(19)18(12)17-11/h1-4,7,17H,5-6H2. The number of aromatic nitrogens is 3. The molecule has 1 aliphatic heterocycles. The maximum Gasteiger partial charge on any atom is 0.286 e. The van der Waals surface area contributed by atoms with E-state index >= 15 is 0 Å². The van der Waals surface area contributed by atoms with Gasteiger partial charge in [-0.25, -0.2) is 13.9 Å². The second-order valence-electron chi connectivity index (χ2n) is 4.66. The normalized spacial score (nSPS) is 13.8.